The molecule has 0 spiro atoms. The van der Waals surface area contributed by atoms with Crippen molar-refractivity contribution in [1.29, 1.82) is 0 Å². The Balaban J connectivity index is 1.55. The van der Waals surface area contributed by atoms with Crippen molar-refractivity contribution in [2.45, 2.75) is 71.3 Å². The Morgan fingerprint density at radius 3 is 2.70 bits per heavy atom. The summed E-state index contributed by atoms with van der Waals surface area (Å²) in [5.74, 6) is 1.26. The van der Waals surface area contributed by atoms with Gasteiger partial charge < -0.3 is 20.4 Å². The van der Waals surface area contributed by atoms with Crippen molar-refractivity contribution >= 4 is 11.5 Å². The molecule has 170 valence electrons. The fourth-order valence-corrected chi connectivity index (χ4v) is 7.79. The molecule has 1 unspecified atom stereocenters. The Bertz CT molecular complexity index is 682. The third kappa shape index (κ3) is 3.43. The van der Waals surface area contributed by atoms with Gasteiger partial charge >= 0.3 is 0 Å². The van der Waals surface area contributed by atoms with Crippen LogP contribution < -0.4 is 5.32 Å². The first-order valence-corrected chi connectivity index (χ1v) is 12.0. The summed E-state index contributed by atoms with van der Waals surface area (Å²) in [6.07, 6.45) is 6.66. The van der Waals surface area contributed by atoms with Gasteiger partial charge in [0.2, 0.25) is 0 Å². The second-order valence-corrected chi connectivity index (χ2v) is 10.8. The molecule has 0 radical (unpaired) electrons. The molecule has 3 N–H and O–H groups in total. The largest absolute Gasteiger partial charge is 0.396 e. The lowest BCUT2D eigenvalue weighted by Crippen LogP contribution is -2.62. The maximum atomic E-state index is 12.7. The summed E-state index contributed by atoms with van der Waals surface area (Å²) in [6, 6.07) is 0. The van der Waals surface area contributed by atoms with Gasteiger partial charge in [0.25, 0.3) is 0 Å². The van der Waals surface area contributed by atoms with Crippen LogP contribution in [0.15, 0.2) is 5.16 Å². The van der Waals surface area contributed by atoms with Crippen LogP contribution in [0.1, 0.15) is 65.2 Å². The first-order valence-electron chi connectivity index (χ1n) is 12.0. The number of carbonyl (C=O) groups excluding carboxylic acids is 1. The van der Waals surface area contributed by atoms with Crippen LogP contribution in [0.4, 0.5) is 0 Å². The zero-order valence-corrected chi connectivity index (χ0v) is 18.9. The molecule has 4 fully saturated rings. The van der Waals surface area contributed by atoms with E-state index in [1.807, 2.05) is 7.05 Å². The highest BCUT2D eigenvalue weighted by molar-refractivity contribution is 5.87. The van der Waals surface area contributed by atoms with E-state index in [9.17, 15) is 15.0 Å². The van der Waals surface area contributed by atoms with E-state index < -0.39 is 6.10 Å². The molecule has 6 nitrogen and oxygen atoms in total. The molecule has 4 saturated carbocycles. The van der Waals surface area contributed by atoms with Crippen LogP contribution in [-0.4, -0.2) is 54.6 Å². The number of fused-ring (bicyclic) bond motifs is 5. The van der Waals surface area contributed by atoms with Gasteiger partial charge in [-0.25, -0.2) is 0 Å². The van der Waals surface area contributed by atoms with Gasteiger partial charge in [-0.1, -0.05) is 19.0 Å². The van der Waals surface area contributed by atoms with Crippen LogP contribution in [0.5, 0.6) is 0 Å². The van der Waals surface area contributed by atoms with Gasteiger partial charge in [0.1, 0.15) is 12.4 Å². The number of oxime groups is 1. The van der Waals surface area contributed by atoms with E-state index in [-0.39, 0.29) is 41.1 Å². The second kappa shape index (κ2) is 8.51. The molecule has 0 aromatic rings. The van der Waals surface area contributed by atoms with Gasteiger partial charge in [-0.15, -0.1) is 0 Å². The van der Waals surface area contributed by atoms with Crippen molar-refractivity contribution in [2.24, 2.45) is 45.6 Å². The Hall–Kier alpha value is -0.980. The molecule has 0 amide bonds. The summed E-state index contributed by atoms with van der Waals surface area (Å²) in [4.78, 5) is 18.2. The summed E-state index contributed by atoms with van der Waals surface area (Å²) in [6.45, 7) is 6.04. The maximum absolute atomic E-state index is 12.7. The molecule has 8 atom stereocenters. The minimum Gasteiger partial charge on any atom is -0.396 e. The predicted octanol–water partition coefficient (Wildman–Crippen LogP) is 2.77. The van der Waals surface area contributed by atoms with E-state index in [0.717, 1.165) is 57.2 Å². The van der Waals surface area contributed by atoms with Gasteiger partial charge in [-0.3, -0.25) is 4.79 Å². The molecule has 0 aliphatic heterocycles. The SMILES string of the molecule is CNCCCON=C1CC[C@@]2(C)C(C1)[C@@H](CO)[C@@H](O)[C@@H]1[C@@H]2CC[C@]2(C)C(=O)CC[C@@H]12. The molecular formula is C24H40N2O4. The first-order chi connectivity index (χ1) is 14.4. The fourth-order valence-electron chi connectivity index (χ4n) is 7.79. The molecule has 30 heavy (non-hydrogen) atoms. The minimum absolute atomic E-state index is 0.00166. The first kappa shape index (κ1) is 22.2. The Kier molecular flexibility index (Phi) is 6.31. The summed E-state index contributed by atoms with van der Waals surface area (Å²) >= 11 is 0. The highest BCUT2D eigenvalue weighted by Gasteiger charge is 2.64. The predicted molar refractivity (Wildman–Crippen MR) is 116 cm³/mol. The molecule has 0 saturated heterocycles. The van der Waals surface area contributed by atoms with Crippen molar-refractivity contribution in [1.82, 2.24) is 5.32 Å². The highest BCUT2D eigenvalue weighted by atomic mass is 16.6. The molecule has 4 aliphatic rings. The smallest absolute Gasteiger partial charge is 0.139 e. The standard InChI is InChI=1S/C24H40N2O4/c1-23-9-7-15(26-30-12-4-11-25-3)13-19(23)16(14-27)22(29)21-17-5-6-20(28)24(17,2)10-8-18(21)23/h16-19,21-22,25,27,29H,4-14H2,1-3H3/t16-,17+,18+,19?,21+,22-,23-,24+/m1/s1. The quantitative estimate of drug-likeness (QED) is 0.454. The highest BCUT2D eigenvalue weighted by Crippen LogP contribution is 2.66. The van der Waals surface area contributed by atoms with Crippen LogP contribution in [0.2, 0.25) is 0 Å². The number of rotatable bonds is 6. The number of nitrogens with one attached hydrogen (secondary N) is 1. The number of hydrogen-bond donors (Lipinski definition) is 3. The van der Waals surface area contributed by atoms with Crippen LogP contribution in [0.3, 0.4) is 0 Å². The number of nitrogens with zero attached hydrogens (tertiary/aromatic N) is 1. The normalized spacial score (nSPS) is 47.0. The minimum atomic E-state index is -0.538. The Morgan fingerprint density at radius 1 is 1.17 bits per heavy atom. The van der Waals surface area contributed by atoms with Crippen molar-refractivity contribution < 1.29 is 19.8 Å². The Labute approximate surface area is 180 Å². The molecule has 0 aromatic heterocycles. The lowest BCUT2D eigenvalue weighted by Gasteiger charge is -2.63. The van der Waals surface area contributed by atoms with Crippen LogP contribution in [-0.2, 0) is 9.63 Å². The van der Waals surface area contributed by atoms with E-state index in [4.69, 9.17) is 4.84 Å². The molecule has 0 aromatic carbocycles. The molecule has 4 rings (SSSR count). The van der Waals surface area contributed by atoms with Crippen molar-refractivity contribution in [3.63, 3.8) is 0 Å². The second-order valence-electron chi connectivity index (χ2n) is 10.8. The van der Waals surface area contributed by atoms with Gasteiger partial charge in [-0.05, 0) is 87.6 Å². The molecule has 0 bridgehead atoms. The van der Waals surface area contributed by atoms with Crippen molar-refractivity contribution in [2.75, 3.05) is 26.8 Å². The summed E-state index contributed by atoms with van der Waals surface area (Å²) < 4.78 is 0. The summed E-state index contributed by atoms with van der Waals surface area (Å²) in [7, 11) is 1.93. The van der Waals surface area contributed by atoms with Gasteiger partial charge in [0, 0.05) is 24.4 Å². The topological polar surface area (TPSA) is 91.2 Å². The van der Waals surface area contributed by atoms with Crippen LogP contribution >= 0.6 is 0 Å². The average Bonchev–Trinajstić information content (AvgIpc) is 3.04. The van der Waals surface area contributed by atoms with Gasteiger partial charge in [-0.2, -0.15) is 0 Å². The number of aliphatic hydroxyl groups is 2. The van der Waals surface area contributed by atoms with E-state index in [1.165, 1.54) is 0 Å². The van der Waals surface area contributed by atoms with E-state index in [0.29, 0.717) is 24.7 Å². The van der Waals surface area contributed by atoms with Gasteiger partial charge in [0.05, 0.1) is 11.8 Å². The lowest BCUT2D eigenvalue weighted by molar-refractivity contribution is -0.188. The summed E-state index contributed by atoms with van der Waals surface area (Å²) in [5, 5.41) is 29.3. The van der Waals surface area contributed by atoms with Gasteiger partial charge in [0.15, 0.2) is 0 Å². The van der Waals surface area contributed by atoms with E-state index in [1.54, 1.807) is 0 Å². The summed E-state index contributed by atoms with van der Waals surface area (Å²) in [5.41, 5.74) is 0.881. The van der Waals surface area contributed by atoms with E-state index in [2.05, 4.69) is 24.3 Å². The molecule has 6 heteroatoms. The maximum Gasteiger partial charge on any atom is 0.139 e. The van der Waals surface area contributed by atoms with Crippen molar-refractivity contribution in [3.8, 4) is 0 Å². The third-order valence-electron chi connectivity index (χ3n) is 9.56. The van der Waals surface area contributed by atoms with Crippen LogP contribution in [0, 0.1) is 40.4 Å². The third-order valence-corrected chi connectivity index (χ3v) is 9.56. The average molecular weight is 421 g/mol. The number of Topliss-reactive ketones (excluding diaryl/α,β-unsaturated/α-hetero) is 1. The molecule has 0 heterocycles. The molecular weight excluding hydrogens is 380 g/mol. The number of aliphatic hydroxyl groups excluding tert-OH is 2. The monoisotopic (exact) mass is 420 g/mol. The Morgan fingerprint density at radius 2 is 1.97 bits per heavy atom. The number of carbonyl (C=O) groups is 1. The van der Waals surface area contributed by atoms with Crippen molar-refractivity contribution in [3.05, 3.63) is 0 Å². The lowest BCUT2D eigenvalue weighted by atomic mass is 9.42. The number of ketones is 1. The van der Waals surface area contributed by atoms with Crippen LogP contribution in [0.25, 0.3) is 0 Å². The van der Waals surface area contributed by atoms with E-state index >= 15 is 0 Å². The molecule has 4 aliphatic carbocycles. The zero-order chi connectivity index (χ0) is 21.5. The fraction of sp³-hybridized carbons (Fsp3) is 0.917. The number of hydrogen-bond acceptors (Lipinski definition) is 6. The zero-order valence-electron chi connectivity index (χ0n) is 18.9.